The van der Waals surface area contributed by atoms with Gasteiger partial charge in [0.1, 0.15) is 6.04 Å². The van der Waals surface area contributed by atoms with Crippen LogP contribution >= 0.6 is 15.9 Å². The molecule has 0 saturated heterocycles. The average molecular weight is 290 g/mol. The van der Waals surface area contributed by atoms with Gasteiger partial charge in [-0.2, -0.15) is 0 Å². The molecular formula is C10H12BrNO4. The fourth-order valence-electron chi connectivity index (χ4n) is 1.14. The van der Waals surface area contributed by atoms with Crippen LogP contribution in [0.4, 0.5) is 0 Å². The molecule has 1 aromatic heterocycles. The molecule has 0 saturated carbocycles. The lowest BCUT2D eigenvalue weighted by molar-refractivity contribution is -0.142. The van der Waals surface area contributed by atoms with E-state index in [9.17, 15) is 9.59 Å². The molecule has 0 bridgehead atoms. The van der Waals surface area contributed by atoms with Gasteiger partial charge >= 0.3 is 5.97 Å². The first-order chi connectivity index (χ1) is 7.58. The molecule has 0 fully saturated rings. The second-order valence-corrected chi connectivity index (χ2v) is 3.84. The average Bonchev–Trinajstić information content (AvgIpc) is 2.71. The fourth-order valence-corrected chi connectivity index (χ4v) is 1.44. The number of amides is 1. The number of methoxy groups -OCH3 is 1. The summed E-state index contributed by atoms with van der Waals surface area (Å²) >= 11 is 3.09. The van der Waals surface area contributed by atoms with Crippen molar-refractivity contribution in [3.8, 4) is 0 Å². The van der Waals surface area contributed by atoms with E-state index in [1.165, 1.54) is 13.2 Å². The third kappa shape index (κ3) is 3.10. The molecule has 0 aliphatic carbocycles. The van der Waals surface area contributed by atoms with E-state index in [1.54, 1.807) is 13.0 Å². The van der Waals surface area contributed by atoms with E-state index >= 15 is 0 Å². The van der Waals surface area contributed by atoms with Crippen molar-refractivity contribution in [2.75, 3.05) is 7.11 Å². The Bertz CT molecular complexity index is 388. The number of rotatable bonds is 4. The summed E-state index contributed by atoms with van der Waals surface area (Å²) in [5.41, 5.74) is 0. The van der Waals surface area contributed by atoms with Gasteiger partial charge in [-0.25, -0.2) is 4.79 Å². The number of carbonyl (C=O) groups excluding carboxylic acids is 2. The molecule has 0 aromatic carbocycles. The first kappa shape index (κ1) is 12.8. The number of halogens is 1. The van der Waals surface area contributed by atoms with Crippen LogP contribution in [0, 0.1) is 0 Å². The van der Waals surface area contributed by atoms with Gasteiger partial charge in [-0.1, -0.05) is 6.92 Å². The van der Waals surface area contributed by atoms with Crippen LogP contribution in [-0.2, 0) is 9.53 Å². The molecule has 1 amide bonds. The highest BCUT2D eigenvalue weighted by Crippen LogP contribution is 2.14. The Hall–Kier alpha value is -1.30. The van der Waals surface area contributed by atoms with Gasteiger partial charge in [-0.15, -0.1) is 0 Å². The molecular weight excluding hydrogens is 278 g/mol. The van der Waals surface area contributed by atoms with Crippen molar-refractivity contribution in [2.45, 2.75) is 19.4 Å². The van der Waals surface area contributed by atoms with Crippen molar-refractivity contribution in [2.24, 2.45) is 0 Å². The summed E-state index contributed by atoms with van der Waals surface area (Å²) in [6, 6.07) is 2.47. The smallest absolute Gasteiger partial charge is 0.328 e. The number of ether oxygens (including phenoxy) is 1. The maximum Gasteiger partial charge on any atom is 0.328 e. The minimum Gasteiger partial charge on any atom is -0.467 e. The number of hydrogen-bond acceptors (Lipinski definition) is 4. The van der Waals surface area contributed by atoms with Crippen LogP contribution in [-0.4, -0.2) is 25.0 Å². The molecule has 0 aliphatic heterocycles. The molecule has 1 unspecified atom stereocenters. The molecule has 1 atom stereocenters. The van der Waals surface area contributed by atoms with E-state index in [2.05, 4.69) is 26.0 Å². The summed E-state index contributed by atoms with van der Waals surface area (Å²) in [6.07, 6.45) is 0.459. The van der Waals surface area contributed by atoms with E-state index in [-0.39, 0.29) is 5.76 Å². The van der Waals surface area contributed by atoms with Gasteiger partial charge in [-0.05, 0) is 34.5 Å². The van der Waals surface area contributed by atoms with E-state index in [0.29, 0.717) is 11.1 Å². The number of furan rings is 1. The Balaban J connectivity index is 2.66. The van der Waals surface area contributed by atoms with E-state index in [0.717, 1.165) is 0 Å². The summed E-state index contributed by atoms with van der Waals surface area (Å²) in [5.74, 6) is -0.765. The Morgan fingerprint density at radius 2 is 2.25 bits per heavy atom. The van der Waals surface area contributed by atoms with Crippen LogP contribution in [0.5, 0.6) is 0 Å². The lowest BCUT2D eigenvalue weighted by atomic mass is 10.2. The lowest BCUT2D eigenvalue weighted by Gasteiger charge is -2.13. The highest BCUT2D eigenvalue weighted by atomic mass is 79.9. The highest BCUT2D eigenvalue weighted by Gasteiger charge is 2.21. The topological polar surface area (TPSA) is 68.5 Å². The summed E-state index contributed by atoms with van der Waals surface area (Å²) in [5, 5.41) is 2.52. The molecule has 1 N–H and O–H groups in total. The first-order valence-corrected chi connectivity index (χ1v) is 5.51. The van der Waals surface area contributed by atoms with Crippen molar-refractivity contribution in [1.29, 1.82) is 0 Å². The number of hydrogen-bond donors (Lipinski definition) is 1. The van der Waals surface area contributed by atoms with Crippen molar-refractivity contribution in [3.05, 3.63) is 22.6 Å². The molecule has 0 spiro atoms. The van der Waals surface area contributed by atoms with Crippen molar-refractivity contribution < 1.29 is 18.7 Å². The summed E-state index contributed by atoms with van der Waals surface area (Å²) in [7, 11) is 1.28. The molecule has 1 rings (SSSR count). The van der Waals surface area contributed by atoms with Gasteiger partial charge < -0.3 is 14.5 Å². The molecule has 16 heavy (non-hydrogen) atoms. The number of nitrogens with one attached hydrogen (secondary N) is 1. The van der Waals surface area contributed by atoms with Crippen molar-refractivity contribution in [3.63, 3.8) is 0 Å². The zero-order valence-electron chi connectivity index (χ0n) is 8.95. The maximum absolute atomic E-state index is 11.6. The molecule has 5 nitrogen and oxygen atoms in total. The second kappa shape index (κ2) is 5.69. The minimum atomic E-state index is -0.652. The van der Waals surface area contributed by atoms with Crippen LogP contribution < -0.4 is 5.32 Å². The van der Waals surface area contributed by atoms with Crippen molar-refractivity contribution in [1.82, 2.24) is 5.32 Å². The monoisotopic (exact) mass is 289 g/mol. The predicted molar refractivity (Wildman–Crippen MR) is 60.0 cm³/mol. The number of esters is 1. The SMILES string of the molecule is CCC(NC(=O)c1ccc(Br)o1)C(=O)OC. The Morgan fingerprint density at radius 1 is 1.56 bits per heavy atom. The lowest BCUT2D eigenvalue weighted by Crippen LogP contribution is -2.40. The van der Waals surface area contributed by atoms with Gasteiger partial charge in [0.05, 0.1) is 7.11 Å². The quantitative estimate of drug-likeness (QED) is 0.857. The Kier molecular flexibility index (Phi) is 4.54. The van der Waals surface area contributed by atoms with Crippen molar-refractivity contribution >= 4 is 27.8 Å². The molecule has 1 aromatic rings. The van der Waals surface area contributed by atoms with Gasteiger partial charge in [0, 0.05) is 0 Å². The van der Waals surface area contributed by atoms with Gasteiger partial charge in [0.25, 0.3) is 5.91 Å². The molecule has 6 heteroatoms. The van der Waals surface area contributed by atoms with Gasteiger partial charge in [0.2, 0.25) is 0 Å². The van der Waals surface area contributed by atoms with Crippen LogP contribution in [0.25, 0.3) is 0 Å². The third-order valence-corrected chi connectivity index (χ3v) is 2.42. The minimum absolute atomic E-state index is 0.147. The van der Waals surface area contributed by atoms with E-state index in [1.807, 2.05) is 0 Å². The fraction of sp³-hybridized carbons (Fsp3) is 0.400. The standard InChI is InChI=1S/C10H12BrNO4/c1-3-6(10(14)15-2)12-9(13)7-4-5-8(11)16-7/h4-6H,3H2,1-2H3,(H,12,13). The van der Waals surface area contributed by atoms with E-state index in [4.69, 9.17) is 4.42 Å². The van der Waals surface area contributed by atoms with Crippen LogP contribution in [0.1, 0.15) is 23.9 Å². The third-order valence-electron chi connectivity index (χ3n) is 2.00. The normalized spacial score (nSPS) is 11.9. The van der Waals surface area contributed by atoms with Crippen LogP contribution in [0.2, 0.25) is 0 Å². The van der Waals surface area contributed by atoms with Gasteiger partial charge in [-0.3, -0.25) is 4.79 Å². The summed E-state index contributed by atoms with van der Waals surface area (Å²) in [4.78, 5) is 22.9. The zero-order chi connectivity index (χ0) is 12.1. The summed E-state index contributed by atoms with van der Waals surface area (Å²) in [6.45, 7) is 1.78. The Labute approximate surface area is 101 Å². The molecule has 0 aliphatic rings. The maximum atomic E-state index is 11.6. The second-order valence-electron chi connectivity index (χ2n) is 3.06. The predicted octanol–water partition coefficient (Wildman–Crippen LogP) is 1.72. The van der Waals surface area contributed by atoms with Crippen LogP contribution in [0.3, 0.4) is 0 Å². The molecule has 1 heterocycles. The molecule has 0 radical (unpaired) electrons. The first-order valence-electron chi connectivity index (χ1n) is 4.72. The zero-order valence-corrected chi connectivity index (χ0v) is 10.5. The van der Waals surface area contributed by atoms with Gasteiger partial charge in [0.15, 0.2) is 10.4 Å². The Morgan fingerprint density at radius 3 is 2.69 bits per heavy atom. The van der Waals surface area contributed by atoms with Crippen LogP contribution in [0.15, 0.2) is 21.2 Å². The summed E-state index contributed by atoms with van der Waals surface area (Å²) < 4.78 is 10.1. The number of carbonyl (C=O) groups is 2. The highest BCUT2D eigenvalue weighted by molar-refractivity contribution is 9.10. The molecule has 88 valence electrons. The van der Waals surface area contributed by atoms with E-state index < -0.39 is 17.9 Å². The largest absolute Gasteiger partial charge is 0.467 e.